The molecular formula is C17H20N4O4. The number of aromatic nitrogens is 4. The van der Waals surface area contributed by atoms with Gasteiger partial charge in [-0.15, -0.1) is 0 Å². The molecule has 2 heterocycles. The lowest BCUT2D eigenvalue weighted by Crippen LogP contribution is -2.22. The van der Waals surface area contributed by atoms with Crippen LogP contribution in [0.1, 0.15) is 17.0 Å². The zero-order chi connectivity index (χ0) is 18.1. The third-order valence-corrected chi connectivity index (χ3v) is 4.23. The predicted molar refractivity (Wildman–Crippen MR) is 92.8 cm³/mol. The smallest absolute Gasteiger partial charge is 0.261 e. The van der Waals surface area contributed by atoms with Gasteiger partial charge in [0.25, 0.3) is 5.56 Å². The fraction of sp³-hybridized carbons (Fsp3) is 0.353. The number of hydrogen-bond donors (Lipinski definition) is 1. The molecule has 0 spiro atoms. The van der Waals surface area contributed by atoms with Gasteiger partial charge < -0.3 is 14.2 Å². The number of aryl methyl sites for hydroxylation is 2. The van der Waals surface area contributed by atoms with Gasteiger partial charge in [0.05, 0.1) is 45.3 Å². The van der Waals surface area contributed by atoms with Crippen molar-refractivity contribution >= 4 is 10.9 Å². The summed E-state index contributed by atoms with van der Waals surface area (Å²) in [7, 11) is 4.52. The van der Waals surface area contributed by atoms with Crippen LogP contribution in [-0.4, -0.2) is 41.1 Å². The zero-order valence-electron chi connectivity index (χ0n) is 14.8. The lowest BCUT2D eigenvalue weighted by atomic mass is 10.1. The number of rotatable bonds is 5. The topological polar surface area (TPSA) is 91.3 Å². The predicted octanol–water partition coefficient (Wildman–Crippen LogP) is 1.81. The van der Waals surface area contributed by atoms with Crippen molar-refractivity contribution in [2.24, 2.45) is 0 Å². The number of methoxy groups -OCH3 is 3. The van der Waals surface area contributed by atoms with E-state index >= 15 is 0 Å². The second kappa shape index (κ2) is 6.46. The maximum absolute atomic E-state index is 13.0. The number of aromatic amines is 1. The maximum Gasteiger partial charge on any atom is 0.261 e. The third kappa shape index (κ3) is 2.69. The summed E-state index contributed by atoms with van der Waals surface area (Å²) in [5.41, 5.74) is 2.99. The fourth-order valence-corrected chi connectivity index (χ4v) is 2.86. The van der Waals surface area contributed by atoms with Gasteiger partial charge in [0.2, 0.25) is 5.75 Å². The average Bonchev–Trinajstić information content (AvgIpc) is 2.94. The number of H-pyrrole nitrogens is 1. The van der Waals surface area contributed by atoms with E-state index in [1.54, 1.807) is 10.6 Å². The Bertz CT molecular complexity index is 971. The van der Waals surface area contributed by atoms with Gasteiger partial charge >= 0.3 is 0 Å². The molecule has 8 heteroatoms. The van der Waals surface area contributed by atoms with Crippen LogP contribution >= 0.6 is 0 Å². The minimum Gasteiger partial charge on any atom is -0.493 e. The highest BCUT2D eigenvalue weighted by molar-refractivity contribution is 5.89. The van der Waals surface area contributed by atoms with Crippen LogP contribution in [0.4, 0.5) is 0 Å². The van der Waals surface area contributed by atoms with Crippen LogP contribution in [0.3, 0.4) is 0 Å². The molecule has 3 rings (SSSR count). The first-order chi connectivity index (χ1) is 12.0. The first-order valence-corrected chi connectivity index (χ1v) is 7.70. The highest BCUT2D eigenvalue weighted by atomic mass is 16.5. The van der Waals surface area contributed by atoms with E-state index in [2.05, 4.69) is 15.2 Å². The molecule has 3 aromatic rings. The summed E-state index contributed by atoms with van der Waals surface area (Å²) in [5, 5.41) is 7.49. The van der Waals surface area contributed by atoms with E-state index in [0.717, 1.165) is 17.0 Å². The van der Waals surface area contributed by atoms with Crippen LogP contribution in [0.25, 0.3) is 10.9 Å². The van der Waals surface area contributed by atoms with Gasteiger partial charge in [-0.05, 0) is 19.9 Å². The van der Waals surface area contributed by atoms with Crippen molar-refractivity contribution in [2.45, 2.75) is 20.4 Å². The second-order valence-electron chi connectivity index (χ2n) is 5.63. The normalized spacial score (nSPS) is 10.9. The lowest BCUT2D eigenvalue weighted by Gasteiger charge is -2.15. The summed E-state index contributed by atoms with van der Waals surface area (Å²) < 4.78 is 17.6. The number of fused-ring (bicyclic) bond motifs is 1. The summed E-state index contributed by atoms with van der Waals surface area (Å²) >= 11 is 0. The van der Waals surface area contributed by atoms with Crippen LogP contribution in [0.15, 0.2) is 17.2 Å². The molecule has 0 atom stereocenters. The van der Waals surface area contributed by atoms with E-state index in [0.29, 0.717) is 34.7 Å². The Morgan fingerprint density at radius 2 is 1.84 bits per heavy atom. The van der Waals surface area contributed by atoms with E-state index in [4.69, 9.17) is 14.2 Å². The minimum atomic E-state index is -0.191. The Morgan fingerprint density at radius 3 is 2.40 bits per heavy atom. The average molecular weight is 344 g/mol. The van der Waals surface area contributed by atoms with Crippen molar-refractivity contribution in [1.29, 1.82) is 0 Å². The zero-order valence-corrected chi connectivity index (χ0v) is 14.8. The number of nitrogens with one attached hydrogen (secondary N) is 1. The van der Waals surface area contributed by atoms with E-state index in [9.17, 15) is 4.79 Å². The van der Waals surface area contributed by atoms with Crippen LogP contribution in [0.2, 0.25) is 0 Å². The molecule has 0 fully saturated rings. The van der Waals surface area contributed by atoms with E-state index in [-0.39, 0.29) is 5.56 Å². The molecule has 0 saturated carbocycles. The molecule has 132 valence electrons. The van der Waals surface area contributed by atoms with Crippen LogP contribution in [0.5, 0.6) is 17.2 Å². The molecule has 2 aromatic heterocycles. The van der Waals surface area contributed by atoms with Crippen molar-refractivity contribution in [3.05, 3.63) is 39.7 Å². The molecule has 0 amide bonds. The summed E-state index contributed by atoms with van der Waals surface area (Å²) in [5.74, 6) is 1.19. The van der Waals surface area contributed by atoms with Crippen LogP contribution in [-0.2, 0) is 6.54 Å². The van der Waals surface area contributed by atoms with E-state index in [1.807, 2.05) is 13.8 Å². The van der Waals surface area contributed by atoms with E-state index in [1.165, 1.54) is 27.7 Å². The van der Waals surface area contributed by atoms with Crippen molar-refractivity contribution in [3.8, 4) is 17.2 Å². The number of benzene rings is 1. The van der Waals surface area contributed by atoms with Gasteiger partial charge in [-0.25, -0.2) is 4.98 Å². The molecule has 0 aliphatic rings. The quantitative estimate of drug-likeness (QED) is 0.759. The molecule has 1 N–H and O–H groups in total. The number of ether oxygens (including phenoxy) is 3. The molecule has 0 saturated heterocycles. The largest absolute Gasteiger partial charge is 0.493 e. The van der Waals surface area contributed by atoms with Crippen molar-refractivity contribution in [3.63, 3.8) is 0 Å². The van der Waals surface area contributed by atoms with E-state index < -0.39 is 0 Å². The molecular weight excluding hydrogens is 324 g/mol. The highest BCUT2D eigenvalue weighted by Crippen LogP contribution is 2.41. The lowest BCUT2D eigenvalue weighted by molar-refractivity contribution is 0.326. The van der Waals surface area contributed by atoms with Crippen LogP contribution in [0, 0.1) is 13.8 Å². The molecule has 0 aliphatic heterocycles. The second-order valence-corrected chi connectivity index (χ2v) is 5.63. The molecule has 25 heavy (non-hydrogen) atoms. The van der Waals surface area contributed by atoms with Gasteiger partial charge in [0, 0.05) is 11.3 Å². The minimum absolute atomic E-state index is 0.191. The maximum atomic E-state index is 13.0. The summed E-state index contributed by atoms with van der Waals surface area (Å²) in [6.07, 6.45) is 1.50. The van der Waals surface area contributed by atoms with Crippen molar-refractivity contribution in [2.75, 3.05) is 21.3 Å². The molecule has 8 nitrogen and oxygen atoms in total. The third-order valence-electron chi connectivity index (χ3n) is 4.23. The van der Waals surface area contributed by atoms with Gasteiger partial charge in [-0.3, -0.25) is 14.5 Å². The summed E-state index contributed by atoms with van der Waals surface area (Å²) in [6.45, 7) is 4.20. The Morgan fingerprint density at radius 1 is 1.12 bits per heavy atom. The number of hydrogen-bond acceptors (Lipinski definition) is 6. The first kappa shape index (κ1) is 16.8. The summed E-state index contributed by atoms with van der Waals surface area (Å²) in [6, 6.07) is 1.62. The molecule has 0 radical (unpaired) electrons. The standard InChI is InChI=1S/C17H20N4O4/c1-9-12(10(2)20-19-9)7-21-8-18-14-11(17(21)22)6-13(23-3)15(24-4)16(14)25-5/h6,8H,7H2,1-5H3,(H,19,20). The van der Waals surface area contributed by atoms with Gasteiger partial charge in [0.1, 0.15) is 5.52 Å². The van der Waals surface area contributed by atoms with Gasteiger partial charge in [0.15, 0.2) is 11.5 Å². The van der Waals surface area contributed by atoms with Gasteiger partial charge in [-0.1, -0.05) is 0 Å². The fourth-order valence-electron chi connectivity index (χ4n) is 2.86. The van der Waals surface area contributed by atoms with Crippen molar-refractivity contribution < 1.29 is 14.2 Å². The number of nitrogens with zero attached hydrogens (tertiary/aromatic N) is 3. The molecule has 1 aromatic carbocycles. The Balaban J connectivity index is 2.22. The molecule has 0 bridgehead atoms. The molecule has 0 aliphatic carbocycles. The van der Waals surface area contributed by atoms with Gasteiger partial charge in [-0.2, -0.15) is 5.10 Å². The highest BCUT2D eigenvalue weighted by Gasteiger charge is 2.20. The summed E-state index contributed by atoms with van der Waals surface area (Å²) in [4.78, 5) is 17.4. The monoisotopic (exact) mass is 344 g/mol. The first-order valence-electron chi connectivity index (χ1n) is 7.70. The Kier molecular flexibility index (Phi) is 4.35. The molecule has 0 unspecified atom stereocenters. The Labute approximate surface area is 144 Å². The van der Waals surface area contributed by atoms with Crippen molar-refractivity contribution in [1.82, 2.24) is 19.7 Å². The SMILES string of the molecule is COc1cc2c(=O)n(Cc3c(C)n[nH]c3C)cnc2c(OC)c1OC. The van der Waals surface area contributed by atoms with Crippen LogP contribution < -0.4 is 19.8 Å². The Hall–Kier alpha value is -3.03.